The van der Waals surface area contributed by atoms with Crippen LogP contribution in [0.4, 0.5) is 23.4 Å². The number of carbonyl (C=O) groups is 1. The first-order chi connectivity index (χ1) is 13.2. The van der Waals surface area contributed by atoms with Crippen molar-refractivity contribution in [2.45, 2.75) is 6.18 Å². The van der Waals surface area contributed by atoms with Crippen molar-refractivity contribution in [3.63, 3.8) is 0 Å². The van der Waals surface area contributed by atoms with Crippen molar-refractivity contribution in [3.05, 3.63) is 52.4 Å². The lowest BCUT2D eigenvalue weighted by Crippen LogP contribution is -2.51. The minimum absolute atomic E-state index is 0.00506. The third-order valence-electron chi connectivity index (χ3n) is 4.34. The van der Waals surface area contributed by atoms with Crippen molar-refractivity contribution < 1.29 is 32.1 Å². The number of hydrogen-bond donors (Lipinski definition) is 0. The smallest absolute Gasteiger partial charge is 0.419 e. The SMILES string of the molecule is O=C(COc1ccc(Br)cc1F)N1CCN(c2ccc(C(F)(F)F)c[nH+]2)CC1. The van der Waals surface area contributed by atoms with Gasteiger partial charge in [0.15, 0.2) is 18.2 Å². The Labute approximate surface area is 167 Å². The molecule has 0 bridgehead atoms. The molecule has 0 unspecified atom stereocenters. The summed E-state index contributed by atoms with van der Waals surface area (Å²) >= 11 is 3.14. The van der Waals surface area contributed by atoms with Crippen molar-refractivity contribution in [2.75, 3.05) is 37.7 Å². The van der Waals surface area contributed by atoms with Gasteiger partial charge in [-0.1, -0.05) is 15.9 Å². The summed E-state index contributed by atoms with van der Waals surface area (Å²) in [6.45, 7) is 1.41. The minimum Gasteiger partial charge on any atom is -0.481 e. The second-order valence-electron chi connectivity index (χ2n) is 6.19. The molecule has 1 N–H and O–H groups in total. The van der Waals surface area contributed by atoms with Crippen LogP contribution in [-0.4, -0.2) is 43.6 Å². The molecular formula is C18H17BrF4N3O2+. The summed E-state index contributed by atoms with van der Waals surface area (Å²) in [7, 11) is 0. The van der Waals surface area contributed by atoms with E-state index in [9.17, 15) is 22.4 Å². The van der Waals surface area contributed by atoms with Crippen LogP contribution >= 0.6 is 15.9 Å². The summed E-state index contributed by atoms with van der Waals surface area (Å²) in [4.78, 5) is 18.4. The Balaban J connectivity index is 1.51. The van der Waals surface area contributed by atoms with E-state index in [0.717, 1.165) is 12.3 Å². The number of nitrogens with zero attached hydrogens (tertiary/aromatic N) is 2. The molecule has 1 aliphatic heterocycles. The highest BCUT2D eigenvalue weighted by Crippen LogP contribution is 2.28. The van der Waals surface area contributed by atoms with Crippen LogP contribution in [0.1, 0.15) is 5.56 Å². The quantitative estimate of drug-likeness (QED) is 0.655. The first-order valence-corrected chi connectivity index (χ1v) is 9.23. The van der Waals surface area contributed by atoms with Crippen LogP contribution in [0.25, 0.3) is 0 Å². The number of pyridine rings is 1. The summed E-state index contributed by atoms with van der Waals surface area (Å²) in [6, 6.07) is 6.69. The fourth-order valence-electron chi connectivity index (χ4n) is 2.81. The fraction of sp³-hybridized carbons (Fsp3) is 0.333. The van der Waals surface area contributed by atoms with Gasteiger partial charge in [-0.05, 0) is 24.3 Å². The summed E-state index contributed by atoms with van der Waals surface area (Å²) in [5.41, 5.74) is -0.748. The molecule has 28 heavy (non-hydrogen) atoms. The zero-order chi connectivity index (χ0) is 20.3. The Hall–Kier alpha value is -2.36. The highest BCUT2D eigenvalue weighted by molar-refractivity contribution is 9.10. The number of anilines is 1. The molecule has 150 valence electrons. The van der Waals surface area contributed by atoms with Gasteiger partial charge >= 0.3 is 6.18 Å². The van der Waals surface area contributed by atoms with Crippen LogP contribution in [0.5, 0.6) is 5.75 Å². The van der Waals surface area contributed by atoms with Gasteiger partial charge in [-0.25, -0.2) is 9.37 Å². The van der Waals surface area contributed by atoms with Crippen LogP contribution in [0.2, 0.25) is 0 Å². The number of alkyl halides is 3. The molecule has 1 aliphatic rings. The van der Waals surface area contributed by atoms with E-state index < -0.39 is 17.6 Å². The molecule has 0 atom stereocenters. The first kappa shape index (κ1) is 20.4. The topological polar surface area (TPSA) is 46.9 Å². The van der Waals surface area contributed by atoms with Crippen LogP contribution in [0.15, 0.2) is 41.0 Å². The van der Waals surface area contributed by atoms with Gasteiger partial charge in [0.25, 0.3) is 11.7 Å². The Kier molecular flexibility index (Phi) is 6.07. The number of piperazine rings is 1. The van der Waals surface area contributed by atoms with Gasteiger partial charge in [-0.15, -0.1) is 0 Å². The van der Waals surface area contributed by atoms with Crippen LogP contribution < -0.4 is 14.6 Å². The van der Waals surface area contributed by atoms with Crippen molar-refractivity contribution in [2.24, 2.45) is 0 Å². The predicted octanol–water partition coefficient (Wildman–Crippen LogP) is 3.15. The van der Waals surface area contributed by atoms with E-state index in [0.29, 0.717) is 36.5 Å². The second-order valence-corrected chi connectivity index (χ2v) is 7.11. The number of amides is 1. The van der Waals surface area contributed by atoms with Gasteiger partial charge in [0.2, 0.25) is 0 Å². The maximum Gasteiger partial charge on any atom is 0.419 e. The van der Waals surface area contributed by atoms with Gasteiger partial charge in [0.1, 0.15) is 19.3 Å². The summed E-state index contributed by atoms with van der Waals surface area (Å²) < 4.78 is 57.4. The highest BCUT2D eigenvalue weighted by atomic mass is 79.9. The number of aromatic amines is 1. The van der Waals surface area contributed by atoms with Gasteiger partial charge in [-0.3, -0.25) is 9.69 Å². The molecule has 1 fully saturated rings. The number of hydrogen-bond acceptors (Lipinski definition) is 3. The van der Waals surface area contributed by atoms with E-state index in [1.54, 1.807) is 11.0 Å². The molecule has 1 aromatic carbocycles. The molecule has 0 aliphatic carbocycles. The monoisotopic (exact) mass is 462 g/mol. The molecule has 5 nitrogen and oxygen atoms in total. The normalized spacial score (nSPS) is 14.9. The fourth-order valence-corrected chi connectivity index (χ4v) is 3.14. The number of aromatic nitrogens is 1. The number of halogens is 5. The van der Waals surface area contributed by atoms with E-state index in [1.165, 1.54) is 18.2 Å². The Bertz CT molecular complexity index is 838. The maximum absolute atomic E-state index is 13.7. The van der Waals surface area contributed by atoms with Crippen molar-refractivity contribution in [1.29, 1.82) is 0 Å². The Morgan fingerprint density at radius 3 is 2.43 bits per heavy atom. The number of rotatable bonds is 4. The third-order valence-corrected chi connectivity index (χ3v) is 4.84. The number of nitrogens with one attached hydrogen (secondary N) is 1. The maximum atomic E-state index is 13.7. The van der Waals surface area contributed by atoms with Gasteiger partial charge in [-0.2, -0.15) is 13.2 Å². The zero-order valence-corrected chi connectivity index (χ0v) is 16.2. The second kappa shape index (κ2) is 8.34. The van der Waals surface area contributed by atoms with Crippen molar-refractivity contribution in [3.8, 4) is 5.75 Å². The molecule has 3 rings (SSSR count). The van der Waals surface area contributed by atoms with Crippen LogP contribution in [-0.2, 0) is 11.0 Å². The summed E-state index contributed by atoms with van der Waals surface area (Å²) in [6.07, 6.45) is -3.47. The molecule has 0 saturated carbocycles. The molecule has 2 aromatic rings. The van der Waals surface area contributed by atoms with E-state index in [4.69, 9.17) is 4.74 Å². The van der Waals surface area contributed by atoms with Crippen LogP contribution in [0.3, 0.4) is 0 Å². The first-order valence-electron chi connectivity index (χ1n) is 8.43. The van der Waals surface area contributed by atoms with E-state index >= 15 is 0 Å². The lowest BCUT2D eigenvalue weighted by atomic mass is 10.2. The molecule has 1 amide bonds. The predicted molar refractivity (Wildman–Crippen MR) is 96.4 cm³/mol. The molecular weight excluding hydrogens is 446 g/mol. The average molecular weight is 463 g/mol. The molecule has 2 heterocycles. The van der Waals surface area contributed by atoms with Crippen molar-refractivity contribution in [1.82, 2.24) is 4.90 Å². The number of benzene rings is 1. The van der Waals surface area contributed by atoms with Crippen LogP contribution in [0, 0.1) is 5.82 Å². The standard InChI is InChI=1S/C18H16BrF4N3O2/c19-13-2-3-15(14(20)9-13)28-11-17(27)26-7-5-25(6-8-26)16-4-1-12(10-24-16)18(21,22)23/h1-4,9-10H,5-8,11H2/p+1. The molecule has 10 heteroatoms. The highest BCUT2D eigenvalue weighted by Gasteiger charge is 2.33. The lowest BCUT2D eigenvalue weighted by molar-refractivity contribution is -0.367. The van der Waals surface area contributed by atoms with Gasteiger partial charge < -0.3 is 9.64 Å². The van der Waals surface area contributed by atoms with E-state index in [1.807, 2.05) is 4.90 Å². The minimum atomic E-state index is -4.39. The zero-order valence-electron chi connectivity index (χ0n) is 14.6. The Morgan fingerprint density at radius 2 is 1.86 bits per heavy atom. The number of carbonyl (C=O) groups excluding carboxylic acids is 1. The largest absolute Gasteiger partial charge is 0.481 e. The van der Waals surface area contributed by atoms with E-state index in [2.05, 4.69) is 20.9 Å². The van der Waals surface area contributed by atoms with Gasteiger partial charge in [0.05, 0.1) is 18.7 Å². The lowest BCUT2D eigenvalue weighted by Gasteiger charge is -2.31. The summed E-state index contributed by atoms with van der Waals surface area (Å²) in [5, 5.41) is 0. The molecule has 1 saturated heterocycles. The third kappa shape index (κ3) is 4.92. The molecule has 1 aromatic heterocycles. The number of H-pyrrole nitrogens is 1. The average Bonchev–Trinajstić information content (AvgIpc) is 2.67. The number of ether oxygens (including phenoxy) is 1. The molecule has 0 spiro atoms. The molecule has 0 radical (unpaired) electrons. The van der Waals surface area contributed by atoms with Gasteiger partial charge in [0, 0.05) is 10.5 Å². The Morgan fingerprint density at radius 1 is 1.14 bits per heavy atom. The summed E-state index contributed by atoms with van der Waals surface area (Å²) in [5.74, 6) is -0.300. The van der Waals surface area contributed by atoms with Crippen molar-refractivity contribution >= 4 is 27.7 Å². The van der Waals surface area contributed by atoms with E-state index in [-0.39, 0.29) is 18.3 Å².